The SMILES string of the molecule is CN(C)C(=O)N1CCCC(C(=O)N2CCC(O)CC2)C1. The zero-order valence-corrected chi connectivity index (χ0v) is 12.4. The molecule has 2 fully saturated rings. The van der Waals surface area contributed by atoms with Gasteiger partial charge in [0.1, 0.15) is 0 Å². The summed E-state index contributed by atoms with van der Waals surface area (Å²) in [5.41, 5.74) is 0. The first-order chi connectivity index (χ1) is 9.49. The Labute approximate surface area is 120 Å². The largest absolute Gasteiger partial charge is 0.393 e. The summed E-state index contributed by atoms with van der Waals surface area (Å²) in [5.74, 6) is 0.0658. The monoisotopic (exact) mass is 283 g/mol. The lowest BCUT2D eigenvalue weighted by Crippen LogP contribution is -2.50. The van der Waals surface area contributed by atoms with Crippen LogP contribution < -0.4 is 0 Å². The van der Waals surface area contributed by atoms with Crippen molar-refractivity contribution in [1.82, 2.24) is 14.7 Å². The number of nitrogens with zero attached hydrogens (tertiary/aromatic N) is 3. The van der Waals surface area contributed by atoms with Crippen molar-refractivity contribution in [3.05, 3.63) is 0 Å². The predicted octanol–water partition coefficient (Wildman–Crippen LogP) is 0.363. The number of hydrogen-bond donors (Lipinski definition) is 1. The molecule has 0 spiro atoms. The summed E-state index contributed by atoms with van der Waals surface area (Å²) in [6.45, 7) is 2.53. The van der Waals surface area contributed by atoms with Gasteiger partial charge < -0.3 is 19.8 Å². The Hall–Kier alpha value is -1.30. The van der Waals surface area contributed by atoms with Crippen molar-refractivity contribution in [3.8, 4) is 0 Å². The Morgan fingerprint density at radius 2 is 1.70 bits per heavy atom. The van der Waals surface area contributed by atoms with E-state index in [1.165, 1.54) is 0 Å². The van der Waals surface area contributed by atoms with Gasteiger partial charge in [-0.15, -0.1) is 0 Å². The van der Waals surface area contributed by atoms with Crippen molar-refractivity contribution in [2.24, 2.45) is 5.92 Å². The van der Waals surface area contributed by atoms with Crippen molar-refractivity contribution in [1.29, 1.82) is 0 Å². The minimum absolute atomic E-state index is 0.0171. The van der Waals surface area contributed by atoms with E-state index in [0.717, 1.165) is 19.4 Å². The zero-order chi connectivity index (χ0) is 14.7. The number of rotatable bonds is 1. The number of likely N-dealkylation sites (tertiary alicyclic amines) is 2. The fourth-order valence-corrected chi connectivity index (χ4v) is 2.98. The van der Waals surface area contributed by atoms with Gasteiger partial charge >= 0.3 is 6.03 Å². The molecule has 3 amide bonds. The van der Waals surface area contributed by atoms with E-state index in [4.69, 9.17) is 0 Å². The van der Waals surface area contributed by atoms with Crippen molar-refractivity contribution >= 4 is 11.9 Å². The Morgan fingerprint density at radius 3 is 2.30 bits per heavy atom. The molecule has 0 radical (unpaired) electrons. The smallest absolute Gasteiger partial charge is 0.319 e. The lowest BCUT2D eigenvalue weighted by Gasteiger charge is -2.37. The Kier molecular flexibility index (Phi) is 4.86. The number of aliphatic hydroxyl groups excluding tert-OH is 1. The molecule has 2 aliphatic rings. The van der Waals surface area contributed by atoms with Crippen molar-refractivity contribution in [2.75, 3.05) is 40.3 Å². The number of amides is 3. The summed E-state index contributed by atoms with van der Waals surface area (Å²) < 4.78 is 0. The average molecular weight is 283 g/mol. The van der Waals surface area contributed by atoms with Crippen molar-refractivity contribution < 1.29 is 14.7 Å². The van der Waals surface area contributed by atoms with Crippen LogP contribution in [-0.2, 0) is 4.79 Å². The quantitative estimate of drug-likeness (QED) is 0.756. The van der Waals surface area contributed by atoms with Crippen LogP contribution in [0.3, 0.4) is 0 Å². The first-order valence-electron chi connectivity index (χ1n) is 7.42. The van der Waals surface area contributed by atoms with E-state index >= 15 is 0 Å². The maximum Gasteiger partial charge on any atom is 0.319 e. The molecule has 1 unspecified atom stereocenters. The van der Waals surface area contributed by atoms with Crippen LogP contribution in [0.4, 0.5) is 4.79 Å². The minimum Gasteiger partial charge on any atom is -0.393 e. The minimum atomic E-state index is -0.266. The first kappa shape index (κ1) is 15.1. The third kappa shape index (κ3) is 3.42. The summed E-state index contributed by atoms with van der Waals surface area (Å²) >= 11 is 0. The highest BCUT2D eigenvalue weighted by Gasteiger charge is 2.32. The second-order valence-corrected chi connectivity index (χ2v) is 6.02. The number of piperidine rings is 2. The van der Waals surface area contributed by atoms with Gasteiger partial charge in [0, 0.05) is 40.3 Å². The van der Waals surface area contributed by atoms with Crippen LogP contribution in [0.2, 0.25) is 0 Å². The molecule has 0 aromatic heterocycles. The Morgan fingerprint density at radius 1 is 1.05 bits per heavy atom. The Balaban J connectivity index is 1.91. The maximum absolute atomic E-state index is 12.5. The zero-order valence-electron chi connectivity index (χ0n) is 12.4. The number of urea groups is 1. The molecule has 0 aromatic carbocycles. The number of carbonyl (C=O) groups is 2. The molecular weight excluding hydrogens is 258 g/mol. The maximum atomic E-state index is 12.5. The summed E-state index contributed by atoms with van der Waals surface area (Å²) in [5, 5.41) is 9.50. The van der Waals surface area contributed by atoms with Gasteiger partial charge in [0.25, 0.3) is 0 Å². The van der Waals surface area contributed by atoms with Gasteiger partial charge in [0.2, 0.25) is 5.91 Å². The van der Waals surface area contributed by atoms with Gasteiger partial charge in [0.05, 0.1) is 12.0 Å². The third-order valence-corrected chi connectivity index (χ3v) is 4.20. The van der Waals surface area contributed by atoms with E-state index in [2.05, 4.69) is 0 Å². The summed E-state index contributed by atoms with van der Waals surface area (Å²) in [7, 11) is 3.47. The summed E-state index contributed by atoms with van der Waals surface area (Å²) in [6, 6.07) is -0.0171. The van der Waals surface area contributed by atoms with Gasteiger partial charge in [-0.2, -0.15) is 0 Å². The van der Waals surface area contributed by atoms with Crippen molar-refractivity contribution in [2.45, 2.75) is 31.8 Å². The van der Waals surface area contributed by atoms with Crippen LogP contribution >= 0.6 is 0 Å². The van der Waals surface area contributed by atoms with Crippen LogP contribution in [0.15, 0.2) is 0 Å². The van der Waals surface area contributed by atoms with Crippen molar-refractivity contribution in [3.63, 3.8) is 0 Å². The molecule has 6 heteroatoms. The molecule has 2 heterocycles. The van der Waals surface area contributed by atoms with E-state index < -0.39 is 0 Å². The molecule has 1 atom stereocenters. The van der Waals surface area contributed by atoms with Gasteiger partial charge in [-0.25, -0.2) is 4.79 Å². The van der Waals surface area contributed by atoms with Crippen LogP contribution in [-0.4, -0.2) is 78.1 Å². The highest BCUT2D eigenvalue weighted by Crippen LogP contribution is 2.21. The van der Waals surface area contributed by atoms with Gasteiger partial charge in [-0.3, -0.25) is 4.79 Å². The van der Waals surface area contributed by atoms with Crippen LogP contribution in [0, 0.1) is 5.92 Å². The molecule has 0 bridgehead atoms. The van der Waals surface area contributed by atoms with E-state index in [0.29, 0.717) is 32.5 Å². The third-order valence-electron chi connectivity index (χ3n) is 4.20. The lowest BCUT2D eigenvalue weighted by atomic mass is 9.95. The van der Waals surface area contributed by atoms with Gasteiger partial charge in [-0.1, -0.05) is 0 Å². The molecule has 0 saturated carbocycles. The molecule has 2 rings (SSSR count). The molecule has 20 heavy (non-hydrogen) atoms. The van der Waals surface area contributed by atoms with E-state index in [1.807, 2.05) is 4.90 Å². The average Bonchev–Trinajstić information content (AvgIpc) is 2.46. The van der Waals surface area contributed by atoms with E-state index in [1.54, 1.807) is 23.9 Å². The van der Waals surface area contributed by atoms with Crippen LogP contribution in [0.1, 0.15) is 25.7 Å². The van der Waals surface area contributed by atoms with Crippen LogP contribution in [0.5, 0.6) is 0 Å². The Bertz CT molecular complexity index is 365. The van der Waals surface area contributed by atoms with Gasteiger partial charge in [0.15, 0.2) is 0 Å². The number of aliphatic hydroxyl groups is 1. The van der Waals surface area contributed by atoms with Crippen LogP contribution in [0.25, 0.3) is 0 Å². The number of carbonyl (C=O) groups excluding carboxylic acids is 2. The second kappa shape index (κ2) is 6.43. The molecule has 6 nitrogen and oxygen atoms in total. The molecule has 0 aliphatic carbocycles. The molecule has 2 aliphatic heterocycles. The van der Waals surface area contributed by atoms with E-state index in [9.17, 15) is 14.7 Å². The molecule has 0 aromatic rings. The van der Waals surface area contributed by atoms with E-state index in [-0.39, 0.29) is 24.0 Å². The topological polar surface area (TPSA) is 64.1 Å². The normalized spacial score (nSPS) is 24.6. The summed E-state index contributed by atoms with van der Waals surface area (Å²) in [6.07, 6.45) is 2.80. The molecule has 2 saturated heterocycles. The van der Waals surface area contributed by atoms with Gasteiger partial charge in [-0.05, 0) is 25.7 Å². The first-order valence-corrected chi connectivity index (χ1v) is 7.42. The second-order valence-electron chi connectivity index (χ2n) is 6.02. The highest BCUT2D eigenvalue weighted by molar-refractivity contribution is 5.81. The fraction of sp³-hybridized carbons (Fsp3) is 0.857. The highest BCUT2D eigenvalue weighted by atomic mass is 16.3. The molecular formula is C14H25N3O3. The summed E-state index contributed by atoms with van der Waals surface area (Å²) in [4.78, 5) is 29.6. The lowest BCUT2D eigenvalue weighted by molar-refractivity contribution is -0.139. The molecule has 1 N–H and O–H groups in total. The predicted molar refractivity (Wildman–Crippen MR) is 75.2 cm³/mol. The standard InChI is InChI=1S/C14H25N3O3/c1-15(2)14(20)17-7-3-4-11(10-17)13(19)16-8-5-12(18)6-9-16/h11-12,18H,3-10H2,1-2H3. The molecule has 114 valence electrons. The fourth-order valence-electron chi connectivity index (χ4n) is 2.98. The number of hydrogen-bond acceptors (Lipinski definition) is 3.